The van der Waals surface area contributed by atoms with Crippen molar-refractivity contribution < 1.29 is 4.92 Å². The number of benzene rings is 1. The summed E-state index contributed by atoms with van der Waals surface area (Å²) in [6.45, 7) is 5.89. The highest BCUT2D eigenvalue weighted by molar-refractivity contribution is 5.73. The third-order valence-corrected chi connectivity index (χ3v) is 3.28. The number of rotatable bonds is 6. The molecule has 1 atom stereocenters. The Morgan fingerprint density at radius 3 is 2.68 bits per heavy atom. The normalized spacial score (nSPS) is 11.8. The Bertz CT molecular complexity index is 675. The summed E-state index contributed by atoms with van der Waals surface area (Å²) in [5.74, 6) is 0.404. The molecule has 7 nitrogen and oxygen atoms in total. The molecule has 1 aromatic heterocycles. The Balaban J connectivity index is 2.38. The number of hydrogen-bond donors (Lipinski definition) is 2. The molecule has 0 aliphatic rings. The largest absolute Gasteiger partial charge is 0.362 e. The van der Waals surface area contributed by atoms with Crippen LogP contribution in [0.2, 0.25) is 0 Å². The summed E-state index contributed by atoms with van der Waals surface area (Å²) in [5, 5.41) is 17.5. The van der Waals surface area contributed by atoms with Crippen molar-refractivity contribution >= 4 is 23.0 Å². The second-order valence-corrected chi connectivity index (χ2v) is 5.12. The Kier molecular flexibility index (Phi) is 4.88. The van der Waals surface area contributed by atoms with Crippen LogP contribution in [0, 0.1) is 17.0 Å². The Morgan fingerprint density at radius 2 is 2.05 bits per heavy atom. The van der Waals surface area contributed by atoms with Crippen LogP contribution < -0.4 is 10.6 Å². The zero-order chi connectivity index (χ0) is 16.1. The standard InChI is InChI=1S/C15H19N5O2/c1-4-11(3)18-14-13(20(21)22)15(17-9-16-14)19-12-7-5-6-10(2)8-12/h5-9,11H,4H2,1-3H3,(H2,16,17,18,19). The van der Waals surface area contributed by atoms with E-state index in [1.165, 1.54) is 6.33 Å². The van der Waals surface area contributed by atoms with Crippen molar-refractivity contribution in [3.8, 4) is 0 Å². The van der Waals surface area contributed by atoms with Crippen LogP contribution in [0.3, 0.4) is 0 Å². The van der Waals surface area contributed by atoms with Crippen molar-refractivity contribution in [3.63, 3.8) is 0 Å². The molecule has 0 saturated carbocycles. The summed E-state index contributed by atoms with van der Waals surface area (Å²) in [6, 6.07) is 7.65. The second-order valence-electron chi connectivity index (χ2n) is 5.12. The second kappa shape index (κ2) is 6.84. The van der Waals surface area contributed by atoms with Gasteiger partial charge in [-0.3, -0.25) is 10.1 Å². The van der Waals surface area contributed by atoms with E-state index in [0.717, 1.165) is 17.7 Å². The van der Waals surface area contributed by atoms with Gasteiger partial charge in [-0.25, -0.2) is 9.97 Å². The molecular formula is C15H19N5O2. The van der Waals surface area contributed by atoms with Crippen molar-refractivity contribution in [1.82, 2.24) is 9.97 Å². The zero-order valence-corrected chi connectivity index (χ0v) is 12.8. The number of aryl methyl sites for hydroxylation is 1. The molecule has 7 heteroatoms. The Hall–Kier alpha value is -2.70. The average molecular weight is 301 g/mol. The van der Waals surface area contributed by atoms with E-state index in [1.807, 2.05) is 45.0 Å². The maximum absolute atomic E-state index is 11.4. The summed E-state index contributed by atoms with van der Waals surface area (Å²) >= 11 is 0. The molecule has 2 N–H and O–H groups in total. The van der Waals surface area contributed by atoms with Crippen LogP contribution in [0.15, 0.2) is 30.6 Å². The number of hydrogen-bond acceptors (Lipinski definition) is 6. The third kappa shape index (κ3) is 3.69. The van der Waals surface area contributed by atoms with Gasteiger partial charge in [0.2, 0.25) is 11.6 Å². The van der Waals surface area contributed by atoms with Crippen LogP contribution in [-0.4, -0.2) is 20.9 Å². The first-order valence-corrected chi connectivity index (χ1v) is 7.11. The molecular weight excluding hydrogens is 282 g/mol. The van der Waals surface area contributed by atoms with Crippen LogP contribution in [0.5, 0.6) is 0 Å². The van der Waals surface area contributed by atoms with Crippen LogP contribution in [0.25, 0.3) is 0 Å². The number of anilines is 3. The van der Waals surface area contributed by atoms with Gasteiger partial charge in [0.15, 0.2) is 0 Å². The lowest BCUT2D eigenvalue weighted by atomic mass is 10.2. The lowest BCUT2D eigenvalue weighted by molar-refractivity contribution is -0.383. The van der Waals surface area contributed by atoms with Gasteiger partial charge in [0, 0.05) is 11.7 Å². The SMILES string of the molecule is CCC(C)Nc1ncnc(Nc2cccc(C)c2)c1[N+](=O)[O-]. The first-order valence-electron chi connectivity index (χ1n) is 7.11. The topological polar surface area (TPSA) is 93.0 Å². The van der Waals surface area contributed by atoms with Crippen molar-refractivity contribution in [3.05, 3.63) is 46.3 Å². The number of nitrogens with zero attached hydrogens (tertiary/aromatic N) is 3. The molecule has 0 bridgehead atoms. The predicted octanol–water partition coefficient (Wildman–Crippen LogP) is 3.65. The number of nitro groups is 1. The maximum atomic E-state index is 11.4. The van der Waals surface area contributed by atoms with Gasteiger partial charge in [0.25, 0.3) is 0 Å². The first kappa shape index (κ1) is 15.7. The van der Waals surface area contributed by atoms with Crippen LogP contribution in [0.4, 0.5) is 23.0 Å². The molecule has 0 saturated heterocycles. The molecule has 1 heterocycles. The van der Waals surface area contributed by atoms with E-state index in [-0.39, 0.29) is 23.4 Å². The fourth-order valence-electron chi connectivity index (χ4n) is 1.94. The van der Waals surface area contributed by atoms with Crippen molar-refractivity contribution in [2.75, 3.05) is 10.6 Å². The fourth-order valence-corrected chi connectivity index (χ4v) is 1.94. The minimum absolute atomic E-state index is 0.0837. The fraction of sp³-hybridized carbons (Fsp3) is 0.333. The van der Waals surface area contributed by atoms with E-state index < -0.39 is 4.92 Å². The Morgan fingerprint density at radius 1 is 1.32 bits per heavy atom. The molecule has 0 radical (unpaired) electrons. The number of nitrogens with one attached hydrogen (secondary N) is 2. The minimum atomic E-state index is -0.469. The zero-order valence-electron chi connectivity index (χ0n) is 12.8. The molecule has 0 spiro atoms. The number of aromatic nitrogens is 2. The summed E-state index contributed by atoms with van der Waals surface area (Å²) in [7, 11) is 0. The summed E-state index contributed by atoms with van der Waals surface area (Å²) < 4.78 is 0. The first-order chi connectivity index (χ1) is 10.5. The minimum Gasteiger partial charge on any atom is -0.362 e. The van der Waals surface area contributed by atoms with E-state index in [2.05, 4.69) is 20.6 Å². The lowest BCUT2D eigenvalue weighted by Crippen LogP contribution is -2.16. The van der Waals surface area contributed by atoms with Gasteiger partial charge in [0.05, 0.1) is 4.92 Å². The third-order valence-electron chi connectivity index (χ3n) is 3.28. The average Bonchev–Trinajstić information content (AvgIpc) is 2.47. The van der Waals surface area contributed by atoms with E-state index in [0.29, 0.717) is 0 Å². The molecule has 0 amide bonds. The van der Waals surface area contributed by atoms with Gasteiger partial charge < -0.3 is 10.6 Å². The van der Waals surface area contributed by atoms with E-state index in [1.54, 1.807) is 0 Å². The summed E-state index contributed by atoms with van der Waals surface area (Å²) in [5.41, 5.74) is 1.65. The van der Waals surface area contributed by atoms with Gasteiger partial charge in [-0.1, -0.05) is 19.1 Å². The molecule has 0 aliphatic heterocycles. The molecule has 0 aliphatic carbocycles. The van der Waals surface area contributed by atoms with Gasteiger partial charge in [0.1, 0.15) is 6.33 Å². The summed E-state index contributed by atoms with van der Waals surface area (Å²) in [6.07, 6.45) is 2.15. The van der Waals surface area contributed by atoms with Gasteiger partial charge in [-0.05, 0) is 38.0 Å². The van der Waals surface area contributed by atoms with E-state index in [9.17, 15) is 10.1 Å². The van der Waals surface area contributed by atoms with Gasteiger partial charge >= 0.3 is 5.69 Å². The van der Waals surface area contributed by atoms with Gasteiger partial charge in [-0.2, -0.15) is 0 Å². The van der Waals surface area contributed by atoms with Crippen LogP contribution in [0.1, 0.15) is 25.8 Å². The molecule has 1 unspecified atom stereocenters. The van der Waals surface area contributed by atoms with Gasteiger partial charge in [-0.15, -0.1) is 0 Å². The highest BCUT2D eigenvalue weighted by atomic mass is 16.6. The Labute approximate surface area is 129 Å². The molecule has 116 valence electrons. The van der Waals surface area contributed by atoms with Crippen molar-refractivity contribution in [2.45, 2.75) is 33.2 Å². The molecule has 22 heavy (non-hydrogen) atoms. The van der Waals surface area contributed by atoms with Crippen LogP contribution in [-0.2, 0) is 0 Å². The monoisotopic (exact) mass is 301 g/mol. The van der Waals surface area contributed by atoms with Crippen molar-refractivity contribution in [1.29, 1.82) is 0 Å². The highest BCUT2D eigenvalue weighted by Gasteiger charge is 2.23. The van der Waals surface area contributed by atoms with E-state index >= 15 is 0 Å². The highest BCUT2D eigenvalue weighted by Crippen LogP contribution is 2.31. The van der Waals surface area contributed by atoms with Crippen molar-refractivity contribution in [2.24, 2.45) is 0 Å². The predicted molar refractivity (Wildman–Crippen MR) is 86.5 cm³/mol. The maximum Gasteiger partial charge on any atom is 0.353 e. The summed E-state index contributed by atoms with van der Waals surface area (Å²) in [4.78, 5) is 19.0. The molecule has 0 fully saturated rings. The molecule has 2 aromatic rings. The molecule has 1 aromatic carbocycles. The lowest BCUT2D eigenvalue weighted by Gasteiger charge is -2.13. The molecule has 2 rings (SSSR count). The van der Waals surface area contributed by atoms with Crippen LogP contribution >= 0.6 is 0 Å². The quantitative estimate of drug-likeness (QED) is 0.625. The van der Waals surface area contributed by atoms with E-state index in [4.69, 9.17) is 0 Å². The smallest absolute Gasteiger partial charge is 0.353 e.